The van der Waals surface area contributed by atoms with E-state index in [1.807, 2.05) is 11.9 Å². The molecule has 0 fully saturated rings. The summed E-state index contributed by atoms with van der Waals surface area (Å²) in [4.78, 5) is 25.3. The third-order valence-electron chi connectivity index (χ3n) is 2.09. The summed E-state index contributed by atoms with van der Waals surface area (Å²) in [7, 11) is 1.83. The van der Waals surface area contributed by atoms with E-state index in [1.54, 1.807) is 0 Å². The zero-order valence-corrected chi connectivity index (χ0v) is 8.14. The van der Waals surface area contributed by atoms with E-state index in [0.717, 1.165) is 0 Å². The molecule has 0 aromatic heterocycles. The summed E-state index contributed by atoms with van der Waals surface area (Å²) >= 11 is 0. The van der Waals surface area contributed by atoms with Gasteiger partial charge in [-0.1, -0.05) is 0 Å². The van der Waals surface area contributed by atoms with Gasteiger partial charge in [0.2, 0.25) is 0 Å². The topological polar surface area (TPSA) is 60.9 Å². The lowest BCUT2D eigenvalue weighted by molar-refractivity contribution is -0.136. The van der Waals surface area contributed by atoms with Gasteiger partial charge in [0.05, 0.1) is 6.61 Å². The van der Waals surface area contributed by atoms with Crippen molar-refractivity contribution in [3.63, 3.8) is 0 Å². The van der Waals surface area contributed by atoms with Gasteiger partial charge in [-0.25, -0.2) is 0 Å². The van der Waals surface area contributed by atoms with Crippen LogP contribution in [0.4, 0.5) is 0 Å². The largest absolute Gasteiger partial charge is 0.395 e. The molecule has 78 valence electrons. The maximum Gasteiger partial charge on any atom is 0.253 e. The van der Waals surface area contributed by atoms with Gasteiger partial charge in [-0.15, -0.1) is 0 Å². The van der Waals surface area contributed by atoms with Gasteiger partial charge in [-0.05, 0) is 7.05 Å². The highest BCUT2D eigenvalue weighted by Crippen LogP contribution is 2.02. The van der Waals surface area contributed by atoms with E-state index >= 15 is 0 Å². The first-order valence-electron chi connectivity index (χ1n) is 4.48. The number of carbonyl (C=O) groups excluding carboxylic acids is 2. The molecular weight excluding hydrogens is 184 g/mol. The Morgan fingerprint density at radius 2 is 1.86 bits per heavy atom. The van der Waals surface area contributed by atoms with E-state index in [1.165, 1.54) is 17.1 Å². The third-order valence-corrected chi connectivity index (χ3v) is 2.09. The van der Waals surface area contributed by atoms with Crippen molar-refractivity contribution in [3.05, 3.63) is 12.2 Å². The van der Waals surface area contributed by atoms with Crippen molar-refractivity contribution in [2.24, 2.45) is 0 Å². The molecule has 0 radical (unpaired) electrons. The Morgan fingerprint density at radius 3 is 2.36 bits per heavy atom. The summed E-state index contributed by atoms with van der Waals surface area (Å²) in [5.41, 5.74) is 0. The first-order chi connectivity index (χ1) is 6.65. The molecule has 14 heavy (non-hydrogen) atoms. The molecule has 0 saturated carbocycles. The van der Waals surface area contributed by atoms with Crippen LogP contribution in [0.3, 0.4) is 0 Å². The molecule has 0 aromatic carbocycles. The zero-order chi connectivity index (χ0) is 10.6. The number of imide groups is 1. The van der Waals surface area contributed by atoms with E-state index in [0.29, 0.717) is 19.6 Å². The minimum Gasteiger partial charge on any atom is -0.395 e. The van der Waals surface area contributed by atoms with E-state index < -0.39 is 0 Å². The summed E-state index contributed by atoms with van der Waals surface area (Å²) in [6.45, 7) is 1.58. The van der Waals surface area contributed by atoms with E-state index in [9.17, 15) is 9.59 Å². The first-order valence-corrected chi connectivity index (χ1v) is 4.48. The molecule has 5 nitrogen and oxygen atoms in total. The number of rotatable bonds is 5. The summed E-state index contributed by atoms with van der Waals surface area (Å²) in [6, 6.07) is 0. The number of aliphatic hydroxyl groups excluding tert-OH is 1. The van der Waals surface area contributed by atoms with Crippen LogP contribution in [0.1, 0.15) is 0 Å². The molecule has 5 heteroatoms. The Balaban J connectivity index is 2.31. The third kappa shape index (κ3) is 2.65. The highest BCUT2D eigenvalue weighted by Gasteiger charge is 2.22. The van der Waals surface area contributed by atoms with Crippen molar-refractivity contribution in [3.8, 4) is 0 Å². The lowest BCUT2D eigenvalue weighted by atomic mass is 10.4. The van der Waals surface area contributed by atoms with Gasteiger partial charge in [-0.3, -0.25) is 14.5 Å². The molecule has 0 aromatic rings. The maximum atomic E-state index is 11.1. The molecule has 2 amide bonds. The van der Waals surface area contributed by atoms with Crippen LogP contribution in [-0.4, -0.2) is 60.0 Å². The molecule has 0 spiro atoms. The van der Waals surface area contributed by atoms with Crippen LogP contribution < -0.4 is 0 Å². The second-order valence-corrected chi connectivity index (χ2v) is 3.19. The molecule has 1 aliphatic rings. The molecule has 0 aliphatic carbocycles. The van der Waals surface area contributed by atoms with Crippen molar-refractivity contribution in [1.29, 1.82) is 0 Å². The monoisotopic (exact) mass is 198 g/mol. The van der Waals surface area contributed by atoms with Crippen molar-refractivity contribution >= 4 is 11.8 Å². The average molecular weight is 198 g/mol. The van der Waals surface area contributed by atoms with Crippen LogP contribution in [-0.2, 0) is 9.59 Å². The van der Waals surface area contributed by atoms with Gasteiger partial charge in [0.25, 0.3) is 11.8 Å². The molecule has 0 atom stereocenters. The Labute approximate surface area is 82.6 Å². The van der Waals surface area contributed by atoms with Crippen molar-refractivity contribution in [2.45, 2.75) is 0 Å². The smallest absolute Gasteiger partial charge is 0.253 e. The lowest BCUT2D eigenvalue weighted by Crippen LogP contribution is -2.37. The molecule has 1 aliphatic heterocycles. The fourth-order valence-electron chi connectivity index (χ4n) is 1.20. The Morgan fingerprint density at radius 1 is 1.29 bits per heavy atom. The Bertz CT molecular complexity index is 245. The van der Waals surface area contributed by atoms with E-state index in [4.69, 9.17) is 5.11 Å². The number of hydrogen-bond donors (Lipinski definition) is 1. The Hall–Kier alpha value is -1.20. The maximum absolute atomic E-state index is 11.1. The highest BCUT2D eigenvalue weighted by atomic mass is 16.3. The normalized spacial score (nSPS) is 16.1. The molecule has 0 unspecified atom stereocenters. The van der Waals surface area contributed by atoms with Gasteiger partial charge < -0.3 is 10.0 Å². The van der Waals surface area contributed by atoms with Gasteiger partial charge in [0, 0.05) is 31.8 Å². The van der Waals surface area contributed by atoms with Crippen molar-refractivity contribution in [2.75, 3.05) is 33.3 Å². The van der Waals surface area contributed by atoms with Gasteiger partial charge in [0.1, 0.15) is 0 Å². The van der Waals surface area contributed by atoms with E-state index in [2.05, 4.69) is 0 Å². The number of nitrogens with zero attached hydrogens (tertiary/aromatic N) is 2. The van der Waals surface area contributed by atoms with Crippen LogP contribution in [0.25, 0.3) is 0 Å². The van der Waals surface area contributed by atoms with Crippen LogP contribution in [0.15, 0.2) is 12.2 Å². The second-order valence-electron chi connectivity index (χ2n) is 3.19. The lowest BCUT2D eigenvalue weighted by Gasteiger charge is -2.19. The van der Waals surface area contributed by atoms with Crippen LogP contribution in [0, 0.1) is 0 Å². The Kier molecular flexibility index (Phi) is 3.79. The van der Waals surface area contributed by atoms with Crippen LogP contribution in [0.2, 0.25) is 0 Å². The molecule has 1 rings (SSSR count). The predicted molar refractivity (Wildman–Crippen MR) is 50.4 cm³/mol. The van der Waals surface area contributed by atoms with Gasteiger partial charge in [0.15, 0.2) is 0 Å². The molecule has 0 saturated heterocycles. The summed E-state index contributed by atoms with van der Waals surface area (Å²) < 4.78 is 0. The molecule has 1 N–H and O–H groups in total. The van der Waals surface area contributed by atoms with E-state index in [-0.39, 0.29) is 18.4 Å². The molecule has 1 heterocycles. The fraction of sp³-hybridized carbons (Fsp3) is 0.556. The summed E-state index contributed by atoms with van der Waals surface area (Å²) in [5.74, 6) is -0.514. The average Bonchev–Trinajstić information content (AvgIpc) is 2.44. The van der Waals surface area contributed by atoms with Crippen LogP contribution in [0.5, 0.6) is 0 Å². The van der Waals surface area contributed by atoms with Crippen molar-refractivity contribution < 1.29 is 14.7 Å². The van der Waals surface area contributed by atoms with Crippen molar-refractivity contribution in [1.82, 2.24) is 9.80 Å². The molecule has 0 bridgehead atoms. The summed E-state index contributed by atoms with van der Waals surface area (Å²) in [5, 5.41) is 8.63. The fourth-order valence-corrected chi connectivity index (χ4v) is 1.20. The standard InChI is InChI=1S/C9H14N2O3/c1-10(6-7-12)4-5-11-8(13)2-3-9(11)14/h2-3,12H,4-7H2,1H3. The molecular formula is C9H14N2O3. The number of amides is 2. The van der Waals surface area contributed by atoms with Gasteiger partial charge in [-0.2, -0.15) is 0 Å². The highest BCUT2D eigenvalue weighted by molar-refractivity contribution is 6.12. The number of carbonyl (C=O) groups is 2. The minimum absolute atomic E-state index is 0.0800. The van der Waals surface area contributed by atoms with Gasteiger partial charge >= 0.3 is 0 Å². The number of likely N-dealkylation sites (N-methyl/N-ethyl adjacent to an activating group) is 1. The van der Waals surface area contributed by atoms with Crippen LogP contribution >= 0.6 is 0 Å². The first kappa shape index (κ1) is 10.9. The number of aliphatic hydroxyl groups is 1. The quantitative estimate of drug-likeness (QED) is 0.566. The second kappa shape index (κ2) is 4.88. The predicted octanol–water partition coefficient (Wildman–Crippen LogP) is -1.16. The SMILES string of the molecule is CN(CCO)CCN1C(=O)C=CC1=O. The minimum atomic E-state index is -0.257. The zero-order valence-electron chi connectivity index (χ0n) is 8.14. The number of hydrogen-bond acceptors (Lipinski definition) is 4. The summed E-state index contributed by atoms with van der Waals surface area (Å²) in [6.07, 6.45) is 2.54.